The molecule has 90 valence electrons. The normalized spacial score (nSPS) is 14.9. The maximum Gasteiger partial charge on any atom is 0.0286 e. The van der Waals surface area contributed by atoms with Crippen LogP contribution in [-0.2, 0) is 0 Å². The van der Waals surface area contributed by atoms with E-state index in [4.69, 9.17) is 0 Å². The van der Waals surface area contributed by atoms with Gasteiger partial charge in [0.05, 0.1) is 0 Å². The predicted molar refractivity (Wildman–Crippen MR) is 69.9 cm³/mol. The fourth-order valence-electron chi connectivity index (χ4n) is 1.42. The maximum atomic E-state index is 4.08. The van der Waals surface area contributed by atoms with Crippen LogP contribution in [0.1, 0.15) is 61.3 Å². The molecular formula is C14H29N. The molecule has 0 rings (SSSR count). The Balaban J connectivity index is 3.92. The van der Waals surface area contributed by atoms with E-state index in [2.05, 4.69) is 60.4 Å². The van der Waals surface area contributed by atoms with E-state index >= 15 is 0 Å². The highest BCUT2D eigenvalue weighted by atomic mass is 15.0. The zero-order chi connectivity index (χ0) is 12.3. The monoisotopic (exact) mass is 211 g/mol. The van der Waals surface area contributed by atoms with Gasteiger partial charge in [-0.05, 0) is 44.9 Å². The van der Waals surface area contributed by atoms with Gasteiger partial charge < -0.3 is 5.32 Å². The third kappa shape index (κ3) is 7.47. The van der Waals surface area contributed by atoms with Crippen LogP contribution >= 0.6 is 0 Å². The first kappa shape index (κ1) is 14.5. The van der Waals surface area contributed by atoms with Crippen molar-refractivity contribution in [1.82, 2.24) is 5.32 Å². The van der Waals surface area contributed by atoms with Crippen LogP contribution in [0.25, 0.3) is 0 Å². The average Bonchev–Trinajstić information content (AvgIpc) is 1.94. The van der Waals surface area contributed by atoms with E-state index in [1.165, 1.54) is 12.1 Å². The topological polar surface area (TPSA) is 12.0 Å². The minimum atomic E-state index is 0.141. The van der Waals surface area contributed by atoms with E-state index in [-0.39, 0.29) is 5.54 Å². The lowest BCUT2D eigenvalue weighted by molar-refractivity contribution is 0.245. The van der Waals surface area contributed by atoms with Gasteiger partial charge in [-0.25, -0.2) is 0 Å². The summed E-state index contributed by atoms with van der Waals surface area (Å²) in [5.74, 6) is 0.732. The smallest absolute Gasteiger partial charge is 0.0286 e. The van der Waals surface area contributed by atoms with Gasteiger partial charge in [-0.1, -0.05) is 34.3 Å². The Labute approximate surface area is 96.3 Å². The Bertz CT molecular complexity index is 202. The van der Waals surface area contributed by atoms with E-state index in [1.54, 1.807) is 0 Å². The summed E-state index contributed by atoms with van der Waals surface area (Å²) in [5, 5.41) is 3.43. The molecule has 0 spiro atoms. The van der Waals surface area contributed by atoms with Crippen molar-refractivity contribution in [2.45, 2.75) is 66.8 Å². The molecule has 0 aromatic carbocycles. The third-order valence-corrected chi connectivity index (χ3v) is 2.91. The summed E-state index contributed by atoms with van der Waals surface area (Å²) in [6.45, 7) is 19.8. The Kier molecular flexibility index (Phi) is 4.89. The largest absolute Gasteiger partial charge is 0.384 e. The highest BCUT2D eigenvalue weighted by Gasteiger charge is 2.20. The number of nitrogens with one attached hydrogen (secondary N) is 1. The molecule has 1 atom stereocenters. The van der Waals surface area contributed by atoms with Crippen LogP contribution in [0.2, 0.25) is 0 Å². The Morgan fingerprint density at radius 3 is 1.93 bits per heavy atom. The Morgan fingerprint density at radius 2 is 1.60 bits per heavy atom. The van der Waals surface area contributed by atoms with Crippen molar-refractivity contribution in [1.29, 1.82) is 0 Å². The molecule has 0 fully saturated rings. The van der Waals surface area contributed by atoms with E-state index < -0.39 is 0 Å². The van der Waals surface area contributed by atoms with E-state index in [9.17, 15) is 0 Å². The van der Waals surface area contributed by atoms with Crippen molar-refractivity contribution in [2.24, 2.45) is 11.3 Å². The lowest BCUT2D eigenvalue weighted by atomic mass is 9.79. The highest BCUT2D eigenvalue weighted by Crippen LogP contribution is 2.29. The number of hydrogen-bond donors (Lipinski definition) is 1. The molecule has 0 aliphatic carbocycles. The molecule has 0 aliphatic heterocycles. The van der Waals surface area contributed by atoms with Crippen LogP contribution in [0, 0.1) is 11.3 Å². The molecule has 15 heavy (non-hydrogen) atoms. The number of rotatable bonds is 4. The molecule has 0 aromatic rings. The van der Waals surface area contributed by atoms with E-state index in [0.717, 1.165) is 12.3 Å². The van der Waals surface area contributed by atoms with Gasteiger partial charge in [-0.2, -0.15) is 0 Å². The van der Waals surface area contributed by atoms with Gasteiger partial charge in [0, 0.05) is 11.2 Å². The summed E-state index contributed by atoms with van der Waals surface area (Å²) in [6.07, 6.45) is 2.29. The van der Waals surface area contributed by atoms with Gasteiger partial charge >= 0.3 is 0 Å². The minimum absolute atomic E-state index is 0.141. The summed E-state index contributed by atoms with van der Waals surface area (Å²) < 4.78 is 0. The van der Waals surface area contributed by atoms with Crippen molar-refractivity contribution in [3.63, 3.8) is 0 Å². The first-order chi connectivity index (χ1) is 6.52. The summed E-state index contributed by atoms with van der Waals surface area (Å²) in [7, 11) is 0. The summed E-state index contributed by atoms with van der Waals surface area (Å²) in [6, 6.07) is 0. The first-order valence-corrected chi connectivity index (χ1v) is 5.98. The van der Waals surface area contributed by atoms with Crippen molar-refractivity contribution in [2.75, 3.05) is 0 Å². The fraction of sp³-hybridized carbons (Fsp3) is 0.857. The minimum Gasteiger partial charge on any atom is -0.384 e. The molecule has 1 unspecified atom stereocenters. The fourth-order valence-corrected chi connectivity index (χ4v) is 1.42. The zero-order valence-corrected chi connectivity index (χ0v) is 11.7. The van der Waals surface area contributed by atoms with Gasteiger partial charge in [-0.3, -0.25) is 0 Å². The van der Waals surface area contributed by atoms with Crippen molar-refractivity contribution < 1.29 is 0 Å². The van der Waals surface area contributed by atoms with Gasteiger partial charge in [0.2, 0.25) is 0 Å². The number of hydrogen-bond acceptors (Lipinski definition) is 1. The second-order valence-corrected chi connectivity index (χ2v) is 6.78. The molecule has 0 heterocycles. The maximum absolute atomic E-state index is 4.08. The van der Waals surface area contributed by atoms with E-state index in [0.29, 0.717) is 5.41 Å². The summed E-state index contributed by atoms with van der Waals surface area (Å²) >= 11 is 0. The summed E-state index contributed by atoms with van der Waals surface area (Å²) in [4.78, 5) is 0. The predicted octanol–water partition coefficient (Wildman–Crippen LogP) is 4.35. The molecular weight excluding hydrogens is 182 g/mol. The SMILES string of the molecule is C=C(CCC(C)C(C)(C)C)NC(C)(C)C. The lowest BCUT2D eigenvalue weighted by Gasteiger charge is -2.29. The van der Waals surface area contributed by atoms with Crippen molar-refractivity contribution in [3.8, 4) is 0 Å². The molecule has 0 saturated heterocycles. The number of allylic oxidation sites excluding steroid dienone is 1. The molecule has 0 radical (unpaired) electrons. The Morgan fingerprint density at radius 1 is 1.13 bits per heavy atom. The van der Waals surface area contributed by atoms with Crippen LogP contribution in [0.15, 0.2) is 12.3 Å². The summed E-state index contributed by atoms with van der Waals surface area (Å²) in [5.41, 5.74) is 1.71. The molecule has 1 nitrogen and oxygen atoms in total. The molecule has 0 aliphatic rings. The van der Waals surface area contributed by atoms with Crippen LogP contribution in [0.5, 0.6) is 0 Å². The zero-order valence-electron chi connectivity index (χ0n) is 11.7. The van der Waals surface area contributed by atoms with Gasteiger partial charge in [0.25, 0.3) is 0 Å². The Hall–Kier alpha value is -0.460. The second kappa shape index (κ2) is 5.05. The lowest BCUT2D eigenvalue weighted by Crippen LogP contribution is -2.34. The van der Waals surface area contributed by atoms with Crippen LogP contribution in [0.3, 0.4) is 0 Å². The van der Waals surface area contributed by atoms with Gasteiger partial charge in [0.1, 0.15) is 0 Å². The second-order valence-electron chi connectivity index (χ2n) is 6.78. The van der Waals surface area contributed by atoms with Crippen LogP contribution in [0.4, 0.5) is 0 Å². The standard InChI is InChI=1S/C14H29N/c1-11(13(3,4)5)9-10-12(2)15-14(6,7)8/h11,15H,2,9-10H2,1,3-8H3. The molecule has 0 bridgehead atoms. The molecule has 0 saturated carbocycles. The quantitative estimate of drug-likeness (QED) is 0.729. The van der Waals surface area contributed by atoms with Crippen molar-refractivity contribution in [3.05, 3.63) is 12.3 Å². The average molecular weight is 211 g/mol. The molecule has 0 amide bonds. The molecule has 1 N–H and O–H groups in total. The first-order valence-electron chi connectivity index (χ1n) is 5.98. The van der Waals surface area contributed by atoms with Crippen molar-refractivity contribution >= 4 is 0 Å². The van der Waals surface area contributed by atoms with E-state index in [1.807, 2.05) is 0 Å². The van der Waals surface area contributed by atoms with Crippen LogP contribution in [-0.4, -0.2) is 5.54 Å². The molecule has 0 aromatic heterocycles. The highest BCUT2D eigenvalue weighted by molar-refractivity contribution is 4.96. The third-order valence-electron chi connectivity index (χ3n) is 2.91. The van der Waals surface area contributed by atoms with Crippen LogP contribution < -0.4 is 5.32 Å². The van der Waals surface area contributed by atoms with Gasteiger partial charge in [-0.15, -0.1) is 0 Å². The van der Waals surface area contributed by atoms with Gasteiger partial charge in [0.15, 0.2) is 0 Å². The molecule has 1 heteroatoms.